The molecule has 8 heteroatoms. The molecule has 0 bridgehead atoms. The highest BCUT2D eigenvalue weighted by molar-refractivity contribution is 7.90. The van der Waals surface area contributed by atoms with Gasteiger partial charge in [0.25, 0.3) is 5.69 Å². The lowest BCUT2D eigenvalue weighted by Gasteiger charge is -2.06. The van der Waals surface area contributed by atoms with Crippen molar-refractivity contribution in [2.45, 2.75) is 25.3 Å². The van der Waals surface area contributed by atoms with Crippen LogP contribution in [0.15, 0.2) is 5.03 Å². The lowest BCUT2D eigenvalue weighted by atomic mass is 10.2. The highest BCUT2D eigenvalue weighted by Gasteiger charge is 2.23. The Morgan fingerprint density at radius 2 is 2.11 bits per heavy atom. The first kappa shape index (κ1) is 13.3. The largest absolute Gasteiger partial charge is 0.392 e. The van der Waals surface area contributed by atoms with E-state index in [4.69, 9.17) is 12.3 Å². The fraction of sp³-hybridized carbons (Fsp3) is 0.364. The van der Waals surface area contributed by atoms with Gasteiger partial charge in [0, 0.05) is 11.8 Å². The van der Waals surface area contributed by atoms with E-state index in [2.05, 4.69) is 14.9 Å². The summed E-state index contributed by atoms with van der Waals surface area (Å²) in [6.07, 6.45) is 1.68. The summed E-state index contributed by atoms with van der Waals surface area (Å²) in [6.45, 7) is 10.8. The van der Waals surface area contributed by atoms with Gasteiger partial charge in [-0.1, -0.05) is 6.92 Å². The van der Waals surface area contributed by atoms with Crippen molar-refractivity contribution in [3.05, 3.63) is 22.7 Å². The molecule has 2 aromatic heterocycles. The van der Waals surface area contributed by atoms with E-state index in [1.54, 1.807) is 6.92 Å². The molecule has 0 saturated carbocycles. The first-order chi connectivity index (χ1) is 8.81. The minimum absolute atomic E-state index is 0.00299. The van der Waals surface area contributed by atoms with E-state index in [1.807, 2.05) is 6.92 Å². The van der Waals surface area contributed by atoms with E-state index in [9.17, 15) is 8.42 Å². The maximum Gasteiger partial charge on any atom is 0.264 e. The Hall–Kier alpha value is -2.14. The van der Waals surface area contributed by atoms with E-state index in [-0.39, 0.29) is 16.5 Å². The van der Waals surface area contributed by atoms with Gasteiger partial charge in [-0.2, -0.15) is 5.10 Å². The van der Waals surface area contributed by atoms with Crippen LogP contribution >= 0.6 is 0 Å². The van der Waals surface area contributed by atoms with Crippen LogP contribution in [0.3, 0.4) is 0 Å². The van der Waals surface area contributed by atoms with E-state index in [1.165, 1.54) is 4.52 Å². The third-order valence-corrected chi connectivity index (χ3v) is 3.86. The molecule has 0 fully saturated rings. The van der Waals surface area contributed by atoms with Crippen molar-refractivity contribution in [2.24, 2.45) is 0 Å². The molecule has 100 valence electrons. The maximum atomic E-state index is 11.7. The molecule has 2 N–H and O–H groups in total. The van der Waals surface area contributed by atoms with Crippen LogP contribution in [0, 0.1) is 13.5 Å². The molecule has 0 amide bonds. The average molecular weight is 279 g/mol. The fourth-order valence-corrected chi connectivity index (χ4v) is 2.64. The highest BCUT2D eigenvalue weighted by Crippen LogP contribution is 2.31. The molecule has 0 radical (unpaired) electrons. The highest BCUT2D eigenvalue weighted by atomic mass is 32.2. The Kier molecular flexibility index (Phi) is 2.94. The predicted octanol–water partition coefficient (Wildman–Crippen LogP) is 1.14. The summed E-state index contributed by atoms with van der Waals surface area (Å²) in [5, 5.41) is 3.96. The van der Waals surface area contributed by atoms with Gasteiger partial charge < -0.3 is 5.73 Å². The molecule has 2 heterocycles. The maximum absolute atomic E-state index is 11.7. The summed E-state index contributed by atoms with van der Waals surface area (Å²) >= 11 is 0. The van der Waals surface area contributed by atoms with Gasteiger partial charge in [-0.15, -0.1) is 0 Å². The molecule has 0 atom stereocenters. The molecule has 0 aromatic carbocycles. The molecule has 0 unspecified atom stereocenters. The standard InChI is InChI=1S/C11H13N5O2S/c1-5-7-6(2)10-14-11(19(4,17)18)8(13-3)9(12)16(10)15-7/h5,12H2,1-2,4H3. The van der Waals surface area contributed by atoms with Crippen LogP contribution in [-0.4, -0.2) is 29.3 Å². The smallest absolute Gasteiger partial charge is 0.264 e. The van der Waals surface area contributed by atoms with Crippen molar-refractivity contribution in [3.8, 4) is 0 Å². The minimum Gasteiger partial charge on any atom is -0.392 e. The molecule has 0 aliphatic carbocycles. The normalized spacial score (nSPS) is 11.7. The summed E-state index contributed by atoms with van der Waals surface area (Å²) in [4.78, 5) is 7.24. The van der Waals surface area contributed by atoms with Crippen molar-refractivity contribution in [3.63, 3.8) is 0 Å². The van der Waals surface area contributed by atoms with E-state index < -0.39 is 9.84 Å². The number of nitrogens with two attached hydrogens (primary N) is 1. The van der Waals surface area contributed by atoms with Gasteiger partial charge in [-0.05, 0) is 13.3 Å². The monoisotopic (exact) mass is 279 g/mol. The Balaban J connectivity index is 3.02. The van der Waals surface area contributed by atoms with Gasteiger partial charge in [0.15, 0.2) is 20.5 Å². The zero-order valence-electron chi connectivity index (χ0n) is 10.8. The number of rotatable bonds is 2. The second-order valence-corrected chi connectivity index (χ2v) is 6.13. The van der Waals surface area contributed by atoms with Crippen LogP contribution in [0.1, 0.15) is 18.2 Å². The van der Waals surface area contributed by atoms with Crippen molar-refractivity contribution >= 4 is 27.0 Å². The number of nitrogen functional groups attached to an aromatic ring is 1. The van der Waals surface area contributed by atoms with Crippen LogP contribution in [0.4, 0.5) is 11.5 Å². The van der Waals surface area contributed by atoms with Gasteiger partial charge in [0.2, 0.25) is 0 Å². The molecule has 19 heavy (non-hydrogen) atoms. The van der Waals surface area contributed by atoms with Gasteiger partial charge in [-0.3, -0.25) is 0 Å². The number of aryl methyl sites for hydroxylation is 2. The van der Waals surface area contributed by atoms with E-state index >= 15 is 0 Å². The van der Waals surface area contributed by atoms with Crippen molar-refractivity contribution < 1.29 is 8.42 Å². The van der Waals surface area contributed by atoms with Crippen LogP contribution in [0.25, 0.3) is 10.5 Å². The summed E-state index contributed by atoms with van der Waals surface area (Å²) in [5.74, 6) is 0.00299. The number of hydrogen-bond donors (Lipinski definition) is 1. The Morgan fingerprint density at radius 3 is 2.58 bits per heavy atom. The third kappa shape index (κ3) is 1.92. The first-order valence-electron chi connectivity index (χ1n) is 5.56. The van der Waals surface area contributed by atoms with E-state index in [0.717, 1.165) is 17.5 Å². The summed E-state index contributed by atoms with van der Waals surface area (Å²) in [6, 6.07) is 0. The second-order valence-electron chi connectivity index (χ2n) is 4.20. The van der Waals surface area contributed by atoms with Crippen LogP contribution < -0.4 is 5.73 Å². The Labute approximate surface area is 110 Å². The summed E-state index contributed by atoms with van der Waals surface area (Å²) < 4.78 is 24.7. The topological polar surface area (TPSA) is 94.7 Å². The number of hydrogen-bond acceptors (Lipinski definition) is 5. The van der Waals surface area contributed by atoms with Crippen molar-refractivity contribution in [2.75, 3.05) is 12.0 Å². The predicted molar refractivity (Wildman–Crippen MR) is 70.9 cm³/mol. The molecule has 2 rings (SSSR count). The SMILES string of the molecule is [C-]#[N+]c1c(S(C)(=O)=O)nc2c(C)c(CC)nn2c1N. The number of anilines is 1. The molecule has 7 nitrogen and oxygen atoms in total. The van der Waals surface area contributed by atoms with Crippen LogP contribution in [0.5, 0.6) is 0 Å². The van der Waals surface area contributed by atoms with Gasteiger partial charge in [0.05, 0.1) is 12.3 Å². The zero-order chi connectivity index (χ0) is 14.4. The molecule has 0 saturated heterocycles. The molecule has 2 aromatic rings. The fourth-order valence-electron chi connectivity index (χ4n) is 1.89. The lowest BCUT2D eigenvalue weighted by Crippen LogP contribution is -2.08. The molecule has 0 aliphatic heterocycles. The van der Waals surface area contributed by atoms with Gasteiger partial charge in [0.1, 0.15) is 5.82 Å². The summed E-state index contributed by atoms with van der Waals surface area (Å²) in [5.41, 5.74) is 7.60. The third-order valence-electron chi connectivity index (χ3n) is 2.87. The molecule has 0 aliphatic rings. The number of nitrogens with zero attached hydrogens (tertiary/aromatic N) is 4. The quantitative estimate of drug-likeness (QED) is 0.657. The number of aromatic nitrogens is 3. The molecule has 0 spiro atoms. The minimum atomic E-state index is -3.62. The van der Waals surface area contributed by atoms with Crippen molar-refractivity contribution in [1.29, 1.82) is 0 Å². The van der Waals surface area contributed by atoms with Gasteiger partial charge in [-0.25, -0.2) is 22.8 Å². The summed E-state index contributed by atoms with van der Waals surface area (Å²) in [7, 11) is -3.62. The zero-order valence-corrected chi connectivity index (χ0v) is 11.6. The van der Waals surface area contributed by atoms with Crippen LogP contribution in [-0.2, 0) is 16.3 Å². The molecular weight excluding hydrogens is 266 g/mol. The average Bonchev–Trinajstić information content (AvgIpc) is 2.65. The van der Waals surface area contributed by atoms with Crippen molar-refractivity contribution in [1.82, 2.24) is 14.6 Å². The van der Waals surface area contributed by atoms with E-state index in [0.29, 0.717) is 12.1 Å². The number of sulfone groups is 1. The second kappa shape index (κ2) is 4.20. The Morgan fingerprint density at radius 1 is 1.47 bits per heavy atom. The first-order valence-corrected chi connectivity index (χ1v) is 7.45. The van der Waals surface area contributed by atoms with Gasteiger partial charge >= 0.3 is 0 Å². The van der Waals surface area contributed by atoms with Crippen LogP contribution in [0.2, 0.25) is 0 Å². The number of fused-ring (bicyclic) bond motifs is 1. The lowest BCUT2D eigenvalue weighted by molar-refractivity contribution is 0.599. The Bertz CT molecular complexity index is 814. The molecular formula is C11H13N5O2S.